The Hall–Kier alpha value is -2.10. The van der Waals surface area contributed by atoms with E-state index in [4.69, 9.17) is 4.52 Å². The second-order valence-corrected chi connectivity index (χ2v) is 5.22. The number of aromatic nitrogens is 1. The molecule has 4 nitrogen and oxygen atoms in total. The highest BCUT2D eigenvalue weighted by Crippen LogP contribution is 2.40. The van der Waals surface area contributed by atoms with E-state index in [-0.39, 0.29) is 5.91 Å². The van der Waals surface area contributed by atoms with E-state index in [1.807, 2.05) is 18.2 Å². The molecule has 0 radical (unpaired) electrons. The number of carbonyl (C=O) groups is 1. The monoisotopic (exact) mass is 254 g/mol. The fourth-order valence-electron chi connectivity index (χ4n) is 2.64. The van der Waals surface area contributed by atoms with E-state index in [1.54, 1.807) is 11.0 Å². The van der Waals surface area contributed by atoms with Crippen molar-refractivity contribution in [2.45, 2.75) is 25.2 Å². The molecule has 4 heteroatoms. The van der Waals surface area contributed by atoms with Gasteiger partial charge in [-0.25, -0.2) is 0 Å². The lowest BCUT2D eigenvalue weighted by Gasteiger charge is -2.15. The first kappa shape index (κ1) is 10.8. The normalized spacial score (nSPS) is 17.6. The van der Waals surface area contributed by atoms with Crippen LogP contribution in [0, 0.1) is 0 Å². The predicted molar refractivity (Wildman–Crippen MR) is 70.3 cm³/mol. The van der Waals surface area contributed by atoms with Crippen LogP contribution in [-0.4, -0.2) is 17.6 Å². The topological polar surface area (TPSA) is 46.3 Å². The number of nitrogens with zero attached hydrogens (tertiary/aromatic N) is 2. The summed E-state index contributed by atoms with van der Waals surface area (Å²) < 4.78 is 5.26. The number of carbonyl (C=O) groups excluding carboxylic acids is 1. The maximum atomic E-state index is 12.5. The molecule has 0 bridgehead atoms. The van der Waals surface area contributed by atoms with Gasteiger partial charge in [-0.2, -0.15) is 0 Å². The number of rotatable bonds is 2. The van der Waals surface area contributed by atoms with E-state index < -0.39 is 0 Å². The highest BCUT2D eigenvalue weighted by atomic mass is 16.5. The van der Waals surface area contributed by atoms with Gasteiger partial charge in [0.1, 0.15) is 5.76 Å². The number of amides is 1. The van der Waals surface area contributed by atoms with Gasteiger partial charge in [0.15, 0.2) is 5.69 Å². The fourth-order valence-corrected chi connectivity index (χ4v) is 2.64. The molecule has 1 aliphatic heterocycles. The van der Waals surface area contributed by atoms with E-state index in [1.165, 1.54) is 5.56 Å². The molecule has 0 saturated heterocycles. The van der Waals surface area contributed by atoms with Crippen LogP contribution in [0.1, 0.15) is 40.6 Å². The molecule has 0 unspecified atom stereocenters. The molecule has 4 rings (SSSR count). The van der Waals surface area contributed by atoms with Gasteiger partial charge in [0.05, 0.1) is 0 Å². The van der Waals surface area contributed by atoms with Crippen LogP contribution in [0.25, 0.3) is 0 Å². The van der Waals surface area contributed by atoms with Crippen molar-refractivity contribution in [3.8, 4) is 0 Å². The quantitative estimate of drug-likeness (QED) is 0.827. The van der Waals surface area contributed by atoms with E-state index in [9.17, 15) is 4.79 Å². The fraction of sp³-hybridized carbons (Fsp3) is 0.333. The number of para-hydroxylation sites is 1. The molecule has 19 heavy (non-hydrogen) atoms. The Bertz CT molecular complexity index is 643. The summed E-state index contributed by atoms with van der Waals surface area (Å²) >= 11 is 0. The van der Waals surface area contributed by atoms with E-state index >= 15 is 0 Å². The Morgan fingerprint density at radius 3 is 3.00 bits per heavy atom. The number of hydrogen-bond donors (Lipinski definition) is 0. The van der Waals surface area contributed by atoms with Crippen molar-refractivity contribution in [1.29, 1.82) is 0 Å². The lowest BCUT2D eigenvalue weighted by atomic mass is 10.2. The maximum Gasteiger partial charge on any atom is 0.280 e. The minimum atomic E-state index is -0.0550. The average molecular weight is 254 g/mol. The van der Waals surface area contributed by atoms with Gasteiger partial charge in [0.2, 0.25) is 0 Å². The molecular weight excluding hydrogens is 240 g/mol. The van der Waals surface area contributed by atoms with Crippen LogP contribution in [0.2, 0.25) is 0 Å². The van der Waals surface area contributed by atoms with Gasteiger partial charge in [-0.1, -0.05) is 23.4 Å². The Labute approximate surface area is 111 Å². The first-order valence-electron chi connectivity index (χ1n) is 6.69. The van der Waals surface area contributed by atoms with E-state index in [2.05, 4.69) is 11.2 Å². The van der Waals surface area contributed by atoms with Crippen molar-refractivity contribution < 1.29 is 9.32 Å². The van der Waals surface area contributed by atoms with Crippen molar-refractivity contribution in [3.05, 3.63) is 47.3 Å². The Morgan fingerprint density at radius 1 is 1.32 bits per heavy atom. The van der Waals surface area contributed by atoms with Crippen molar-refractivity contribution in [2.75, 3.05) is 11.4 Å². The van der Waals surface area contributed by atoms with Crippen molar-refractivity contribution in [3.63, 3.8) is 0 Å². The molecule has 2 aliphatic rings. The summed E-state index contributed by atoms with van der Waals surface area (Å²) in [6, 6.07) is 9.83. The molecule has 0 N–H and O–H groups in total. The van der Waals surface area contributed by atoms with Gasteiger partial charge in [0, 0.05) is 24.2 Å². The van der Waals surface area contributed by atoms with Gasteiger partial charge in [-0.3, -0.25) is 4.79 Å². The number of fused-ring (bicyclic) bond motifs is 1. The van der Waals surface area contributed by atoms with Gasteiger partial charge in [0.25, 0.3) is 5.91 Å². The molecule has 1 fully saturated rings. The highest BCUT2D eigenvalue weighted by Gasteiger charge is 2.31. The van der Waals surface area contributed by atoms with E-state index in [0.717, 1.165) is 37.3 Å². The molecular formula is C15H14N2O2. The van der Waals surface area contributed by atoms with Crippen LogP contribution in [0.5, 0.6) is 0 Å². The summed E-state index contributed by atoms with van der Waals surface area (Å²) in [5.41, 5.74) is 2.66. The van der Waals surface area contributed by atoms with Gasteiger partial charge >= 0.3 is 0 Å². The summed E-state index contributed by atoms with van der Waals surface area (Å²) in [5, 5.41) is 3.93. The van der Waals surface area contributed by atoms with Crippen LogP contribution in [0.15, 0.2) is 34.9 Å². The lowest BCUT2D eigenvalue weighted by molar-refractivity contribution is 0.0980. The zero-order chi connectivity index (χ0) is 12.8. The zero-order valence-corrected chi connectivity index (χ0v) is 10.5. The Balaban J connectivity index is 1.63. The number of hydrogen-bond acceptors (Lipinski definition) is 3. The van der Waals surface area contributed by atoms with E-state index in [0.29, 0.717) is 11.6 Å². The molecule has 0 atom stereocenters. The molecule has 2 aromatic rings. The Morgan fingerprint density at radius 2 is 2.16 bits per heavy atom. The summed E-state index contributed by atoms with van der Waals surface area (Å²) in [5.74, 6) is 1.29. The van der Waals surface area contributed by atoms with Crippen LogP contribution >= 0.6 is 0 Å². The second-order valence-electron chi connectivity index (χ2n) is 5.22. The predicted octanol–water partition coefficient (Wildman–Crippen LogP) is 2.75. The summed E-state index contributed by atoms with van der Waals surface area (Å²) in [7, 11) is 0. The zero-order valence-electron chi connectivity index (χ0n) is 10.5. The molecule has 1 aliphatic carbocycles. The third-order valence-corrected chi connectivity index (χ3v) is 3.86. The summed E-state index contributed by atoms with van der Waals surface area (Å²) in [6.45, 7) is 0.726. The smallest absolute Gasteiger partial charge is 0.280 e. The minimum absolute atomic E-state index is 0.0550. The Kier molecular flexibility index (Phi) is 2.24. The van der Waals surface area contributed by atoms with Crippen molar-refractivity contribution in [1.82, 2.24) is 5.16 Å². The first-order valence-corrected chi connectivity index (χ1v) is 6.69. The maximum absolute atomic E-state index is 12.5. The van der Waals surface area contributed by atoms with Crippen LogP contribution < -0.4 is 4.90 Å². The third-order valence-electron chi connectivity index (χ3n) is 3.86. The number of benzene rings is 1. The first-order chi connectivity index (χ1) is 9.33. The van der Waals surface area contributed by atoms with Gasteiger partial charge < -0.3 is 9.42 Å². The van der Waals surface area contributed by atoms with Crippen molar-refractivity contribution >= 4 is 11.6 Å². The molecule has 1 amide bonds. The summed E-state index contributed by atoms with van der Waals surface area (Å²) in [4.78, 5) is 14.3. The largest absolute Gasteiger partial charge is 0.360 e. The standard InChI is InChI=1S/C15H14N2O2/c18-15(12-9-14(19-16-12)11-5-6-11)17-8-7-10-3-1-2-4-13(10)17/h1-4,9,11H,5-8H2. The number of anilines is 1. The molecule has 0 spiro atoms. The third kappa shape index (κ3) is 1.75. The second kappa shape index (κ2) is 3.95. The lowest BCUT2D eigenvalue weighted by Crippen LogP contribution is -2.29. The molecule has 1 aromatic carbocycles. The van der Waals surface area contributed by atoms with Crippen molar-refractivity contribution in [2.24, 2.45) is 0 Å². The van der Waals surface area contributed by atoms with Crippen LogP contribution in [0.4, 0.5) is 5.69 Å². The summed E-state index contributed by atoms with van der Waals surface area (Å²) in [6.07, 6.45) is 3.21. The average Bonchev–Trinajstić information content (AvgIpc) is 3.03. The SMILES string of the molecule is O=C(c1cc(C2CC2)on1)N1CCc2ccccc21. The molecule has 2 heterocycles. The molecule has 96 valence electrons. The van der Waals surface area contributed by atoms with Gasteiger partial charge in [-0.05, 0) is 30.9 Å². The highest BCUT2D eigenvalue weighted by molar-refractivity contribution is 6.06. The molecule has 1 aromatic heterocycles. The molecule has 1 saturated carbocycles. The van der Waals surface area contributed by atoms with Crippen LogP contribution in [0.3, 0.4) is 0 Å². The minimum Gasteiger partial charge on any atom is -0.360 e. The van der Waals surface area contributed by atoms with Gasteiger partial charge in [-0.15, -0.1) is 0 Å². The van der Waals surface area contributed by atoms with Crippen LogP contribution in [-0.2, 0) is 6.42 Å².